The predicted molar refractivity (Wildman–Crippen MR) is 197 cm³/mol. The molecule has 45 heavy (non-hydrogen) atoms. The minimum Gasteiger partial charge on any atom is -0.394 e. The van der Waals surface area contributed by atoms with Gasteiger partial charge in [0, 0.05) is 6.42 Å². The van der Waals surface area contributed by atoms with Crippen LogP contribution in [0.3, 0.4) is 0 Å². The van der Waals surface area contributed by atoms with E-state index in [0.29, 0.717) is 6.42 Å². The van der Waals surface area contributed by atoms with Gasteiger partial charge in [0.2, 0.25) is 5.91 Å². The number of carbonyl (C=O) groups is 1. The number of hydrogen-bond acceptors (Lipinski definition) is 3. The summed E-state index contributed by atoms with van der Waals surface area (Å²) in [7, 11) is 0. The molecule has 4 heteroatoms. The molecule has 0 rings (SSSR count). The summed E-state index contributed by atoms with van der Waals surface area (Å²) in [5, 5.41) is 22.7. The average Bonchev–Trinajstić information content (AvgIpc) is 3.04. The van der Waals surface area contributed by atoms with E-state index in [0.717, 1.165) is 70.6 Å². The maximum absolute atomic E-state index is 12.3. The molecule has 0 bridgehead atoms. The fourth-order valence-electron chi connectivity index (χ4n) is 4.57. The number of nitrogens with one attached hydrogen (secondary N) is 1. The van der Waals surface area contributed by atoms with Crippen molar-refractivity contribution in [1.82, 2.24) is 5.32 Å². The van der Waals surface area contributed by atoms with Crippen molar-refractivity contribution in [3.05, 3.63) is 97.2 Å². The number of amides is 1. The molecule has 0 fully saturated rings. The Bertz CT molecular complexity index is 890. The molecule has 0 aromatic heterocycles. The second kappa shape index (κ2) is 35.8. The molecule has 1 amide bonds. The van der Waals surface area contributed by atoms with Crippen LogP contribution in [0.5, 0.6) is 0 Å². The van der Waals surface area contributed by atoms with Crippen molar-refractivity contribution < 1.29 is 15.0 Å². The summed E-state index contributed by atoms with van der Waals surface area (Å²) in [4.78, 5) is 12.3. The average molecular weight is 622 g/mol. The van der Waals surface area contributed by atoms with Gasteiger partial charge in [0.25, 0.3) is 0 Å². The minimum atomic E-state index is -0.866. The number of unbranched alkanes of at least 4 members (excludes halogenated alkanes) is 9. The highest BCUT2D eigenvalue weighted by Gasteiger charge is 2.17. The molecular weight excluding hydrogens is 554 g/mol. The monoisotopic (exact) mass is 622 g/mol. The Labute approximate surface area is 277 Å². The summed E-state index contributed by atoms with van der Waals surface area (Å²) in [5.74, 6) is -0.130. The Hall–Kier alpha value is -2.69. The van der Waals surface area contributed by atoms with Crippen LogP contribution in [0.25, 0.3) is 0 Å². The molecule has 2 unspecified atom stereocenters. The van der Waals surface area contributed by atoms with Crippen LogP contribution in [0.15, 0.2) is 97.2 Å². The van der Waals surface area contributed by atoms with Crippen LogP contribution in [-0.2, 0) is 4.79 Å². The highest BCUT2D eigenvalue weighted by Crippen LogP contribution is 2.10. The molecular formula is C41H67NO3. The number of rotatable bonds is 30. The maximum atomic E-state index is 12.3. The second-order valence-electron chi connectivity index (χ2n) is 11.6. The number of hydrogen-bond donors (Lipinski definition) is 3. The first-order valence-corrected chi connectivity index (χ1v) is 18.0. The molecule has 0 aromatic carbocycles. The lowest BCUT2D eigenvalue weighted by atomic mass is 10.1. The third-order valence-corrected chi connectivity index (χ3v) is 7.32. The maximum Gasteiger partial charge on any atom is 0.220 e. The van der Waals surface area contributed by atoms with Gasteiger partial charge in [-0.25, -0.2) is 0 Å². The third-order valence-electron chi connectivity index (χ3n) is 7.32. The third kappa shape index (κ3) is 32.5. The number of aliphatic hydroxyl groups is 2. The van der Waals surface area contributed by atoms with Gasteiger partial charge in [0.1, 0.15) is 0 Å². The van der Waals surface area contributed by atoms with Gasteiger partial charge in [0.15, 0.2) is 0 Å². The Morgan fingerprint density at radius 3 is 1.44 bits per heavy atom. The fraction of sp³-hybridized carbons (Fsp3) is 0.585. The SMILES string of the molecule is CC/C=C\C/C=C\C/C=C\C/C=C\C/C=C\C/C=C\C/C=C\CCCC(=O)NC(CO)C(O)/C=C/CCCCCCCCCC. The molecule has 0 aromatic rings. The van der Waals surface area contributed by atoms with Gasteiger partial charge in [-0.05, 0) is 70.6 Å². The van der Waals surface area contributed by atoms with Crippen molar-refractivity contribution >= 4 is 5.91 Å². The van der Waals surface area contributed by atoms with Gasteiger partial charge in [-0.1, -0.05) is 156 Å². The van der Waals surface area contributed by atoms with E-state index in [-0.39, 0.29) is 12.5 Å². The minimum absolute atomic E-state index is 0.130. The summed E-state index contributed by atoms with van der Waals surface area (Å²) in [6.07, 6.45) is 53.5. The standard InChI is InChI=1S/C41H67NO3/c1-3-5-7-9-11-13-15-16-17-18-19-20-21-22-23-24-25-26-27-29-31-33-35-37-41(45)42-39(38-43)40(44)36-34-32-30-28-14-12-10-8-6-4-2/h5,7,11,13,16-17,19-20,22-23,25-26,29,31,34,36,39-40,43-44H,3-4,6,8-10,12,14-15,18,21,24,27-28,30,32-33,35,37-38H2,1-2H3,(H,42,45)/b7-5-,13-11-,17-16-,20-19-,23-22-,26-25-,31-29-,36-34+. The smallest absolute Gasteiger partial charge is 0.220 e. The first kappa shape index (κ1) is 42.3. The van der Waals surface area contributed by atoms with Crippen LogP contribution in [0, 0.1) is 0 Å². The van der Waals surface area contributed by atoms with Gasteiger partial charge in [0.05, 0.1) is 18.8 Å². The largest absolute Gasteiger partial charge is 0.394 e. The summed E-state index contributed by atoms with van der Waals surface area (Å²) >= 11 is 0. The molecule has 254 valence electrons. The molecule has 0 aliphatic rings. The van der Waals surface area contributed by atoms with Crippen molar-refractivity contribution in [2.24, 2.45) is 0 Å². The van der Waals surface area contributed by atoms with Crippen LogP contribution >= 0.6 is 0 Å². The Morgan fingerprint density at radius 2 is 0.978 bits per heavy atom. The normalized spacial score (nSPS) is 14.3. The first-order valence-electron chi connectivity index (χ1n) is 18.0. The van der Waals surface area contributed by atoms with E-state index in [9.17, 15) is 15.0 Å². The van der Waals surface area contributed by atoms with Gasteiger partial charge in [-0.15, -0.1) is 0 Å². The van der Waals surface area contributed by atoms with Crippen LogP contribution in [-0.4, -0.2) is 34.9 Å². The first-order chi connectivity index (χ1) is 22.2. The lowest BCUT2D eigenvalue weighted by molar-refractivity contribution is -0.122. The quantitative estimate of drug-likeness (QED) is 0.0552. The molecule has 0 aliphatic carbocycles. The van der Waals surface area contributed by atoms with E-state index in [2.05, 4.69) is 104 Å². The topological polar surface area (TPSA) is 69.6 Å². The lowest BCUT2D eigenvalue weighted by Gasteiger charge is -2.19. The Balaban J connectivity index is 3.83. The molecule has 0 heterocycles. The van der Waals surface area contributed by atoms with E-state index in [4.69, 9.17) is 0 Å². The molecule has 2 atom stereocenters. The van der Waals surface area contributed by atoms with E-state index >= 15 is 0 Å². The number of allylic oxidation sites excluding steroid dienone is 15. The van der Waals surface area contributed by atoms with Crippen LogP contribution in [0.4, 0.5) is 0 Å². The van der Waals surface area contributed by atoms with E-state index in [1.165, 1.54) is 44.9 Å². The fourth-order valence-corrected chi connectivity index (χ4v) is 4.57. The Morgan fingerprint density at radius 1 is 0.556 bits per heavy atom. The molecule has 0 saturated carbocycles. The lowest BCUT2D eigenvalue weighted by Crippen LogP contribution is -2.45. The zero-order valence-corrected chi connectivity index (χ0v) is 28.8. The molecule has 0 radical (unpaired) electrons. The number of aliphatic hydroxyl groups excluding tert-OH is 2. The zero-order valence-electron chi connectivity index (χ0n) is 28.8. The molecule has 4 nitrogen and oxygen atoms in total. The second-order valence-corrected chi connectivity index (χ2v) is 11.6. The highest BCUT2D eigenvalue weighted by atomic mass is 16.3. The number of carbonyl (C=O) groups excluding carboxylic acids is 1. The van der Waals surface area contributed by atoms with Crippen molar-refractivity contribution in [1.29, 1.82) is 0 Å². The van der Waals surface area contributed by atoms with Gasteiger partial charge < -0.3 is 15.5 Å². The van der Waals surface area contributed by atoms with E-state index in [1.807, 2.05) is 6.08 Å². The molecule has 3 N–H and O–H groups in total. The summed E-state index contributed by atoms with van der Waals surface area (Å²) in [6, 6.07) is -0.657. The van der Waals surface area contributed by atoms with Crippen molar-refractivity contribution in [2.75, 3.05) is 6.61 Å². The van der Waals surface area contributed by atoms with E-state index < -0.39 is 12.1 Å². The predicted octanol–water partition coefficient (Wildman–Crippen LogP) is 10.7. The van der Waals surface area contributed by atoms with Gasteiger partial charge in [-0.3, -0.25) is 4.79 Å². The van der Waals surface area contributed by atoms with E-state index in [1.54, 1.807) is 6.08 Å². The van der Waals surface area contributed by atoms with Gasteiger partial charge in [-0.2, -0.15) is 0 Å². The zero-order chi connectivity index (χ0) is 32.9. The van der Waals surface area contributed by atoms with Crippen molar-refractivity contribution in [2.45, 2.75) is 148 Å². The van der Waals surface area contributed by atoms with Gasteiger partial charge >= 0.3 is 0 Å². The molecule has 0 saturated heterocycles. The van der Waals surface area contributed by atoms with Crippen molar-refractivity contribution in [3.8, 4) is 0 Å². The van der Waals surface area contributed by atoms with Crippen LogP contribution in [0.2, 0.25) is 0 Å². The summed E-state index contributed by atoms with van der Waals surface area (Å²) in [6.45, 7) is 4.12. The summed E-state index contributed by atoms with van der Waals surface area (Å²) in [5.41, 5.74) is 0. The van der Waals surface area contributed by atoms with Crippen molar-refractivity contribution in [3.63, 3.8) is 0 Å². The molecule has 0 spiro atoms. The van der Waals surface area contributed by atoms with Crippen LogP contribution < -0.4 is 5.32 Å². The van der Waals surface area contributed by atoms with Crippen LogP contribution in [0.1, 0.15) is 136 Å². The molecule has 0 aliphatic heterocycles. The highest BCUT2D eigenvalue weighted by molar-refractivity contribution is 5.76. The summed E-state index contributed by atoms with van der Waals surface area (Å²) < 4.78 is 0. The Kier molecular flexibility index (Phi) is 33.6.